The van der Waals surface area contributed by atoms with Crippen molar-refractivity contribution in [1.82, 2.24) is 0 Å². The number of carbonyl (C=O) groups is 1. The molecule has 4 rings (SSSR count). The number of rotatable bonds is 3. The van der Waals surface area contributed by atoms with E-state index in [1.807, 2.05) is 0 Å². The molecule has 4 aromatic rings. The molecule has 156 valence electrons. The fraction of sp³-hybridized carbons (Fsp3) is 0. The lowest BCUT2D eigenvalue weighted by molar-refractivity contribution is 0.0987. The van der Waals surface area contributed by atoms with Crippen LogP contribution in [0.25, 0.3) is 22.3 Å². The number of anilines is 1. The predicted octanol–water partition coefficient (Wildman–Crippen LogP) is 3.75. The number of nitrogens with two attached hydrogens (primary N) is 1. The quantitative estimate of drug-likeness (QED) is 0.165. The van der Waals surface area contributed by atoms with Crippen LogP contribution in [-0.2, 0) is 0 Å². The molecule has 5 N–H and O–H groups in total. The third-order valence-corrected chi connectivity index (χ3v) is 4.93. The van der Waals surface area contributed by atoms with Crippen LogP contribution in [0.5, 0.6) is 17.2 Å². The zero-order valence-corrected chi connectivity index (χ0v) is 16.5. The van der Waals surface area contributed by atoms with Gasteiger partial charge in [0.1, 0.15) is 5.58 Å². The van der Waals surface area contributed by atoms with Gasteiger partial charge in [-0.2, -0.15) is 0 Å². The van der Waals surface area contributed by atoms with E-state index in [4.69, 9.17) is 21.9 Å². The molecule has 0 unspecified atom stereocenters. The lowest BCUT2D eigenvalue weighted by Crippen LogP contribution is -2.37. The summed E-state index contributed by atoms with van der Waals surface area (Å²) in [6.07, 6.45) is 0. The summed E-state index contributed by atoms with van der Waals surface area (Å²) >= 11 is 5.83. The number of aromatic hydroxyl groups is 3. The van der Waals surface area contributed by atoms with Crippen molar-refractivity contribution in [3.05, 3.63) is 81.5 Å². The van der Waals surface area contributed by atoms with Gasteiger partial charge in [0.2, 0.25) is 11.2 Å². The Balaban J connectivity index is 1.77. The number of hydrazine groups is 1. The second-order valence-corrected chi connectivity index (χ2v) is 7.11. The Morgan fingerprint density at radius 2 is 1.65 bits per heavy atom. The maximum absolute atomic E-state index is 12.7. The number of hydrogen-bond acceptors (Lipinski definition) is 7. The fourth-order valence-electron chi connectivity index (χ4n) is 3.03. The van der Waals surface area contributed by atoms with Crippen molar-refractivity contribution in [1.29, 1.82) is 0 Å². The van der Waals surface area contributed by atoms with Gasteiger partial charge in [0.25, 0.3) is 5.91 Å². The highest BCUT2D eigenvalue weighted by Crippen LogP contribution is 2.35. The molecule has 1 heterocycles. The van der Waals surface area contributed by atoms with Crippen LogP contribution in [0.1, 0.15) is 10.4 Å². The normalized spacial score (nSPS) is 10.9. The largest absolute Gasteiger partial charge is 0.504 e. The van der Waals surface area contributed by atoms with Gasteiger partial charge in [0.05, 0.1) is 11.1 Å². The average molecular weight is 439 g/mol. The number of carbonyl (C=O) groups excluding carboxylic acids is 1. The number of halogens is 1. The van der Waals surface area contributed by atoms with Gasteiger partial charge in [-0.05, 0) is 60.7 Å². The van der Waals surface area contributed by atoms with E-state index in [2.05, 4.69) is 0 Å². The number of phenolic OH excluding ortho intramolecular Hbond substituents is 2. The SMILES string of the molecule is NN(C(=O)c1ccc(Cl)cc1)c1ccc2oc(-c3ccc(O)c(O)c3)c(O)c(=O)c2c1. The zero-order valence-electron chi connectivity index (χ0n) is 15.7. The summed E-state index contributed by atoms with van der Waals surface area (Å²) in [6.45, 7) is 0. The van der Waals surface area contributed by atoms with Crippen molar-refractivity contribution < 1.29 is 24.5 Å². The molecule has 3 aromatic carbocycles. The van der Waals surface area contributed by atoms with Gasteiger partial charge in [-0.15, -0.1) is 0 Å². The van der Waals surface area contributed by atoms with Gasteiger partial charge in [-0.25, -0.2) is 10.9 Å². The molecule has 1 aromatic heterocycles. The molecule has 0 spiro atoms. The summed E-state index contributed by atoms with van der Waals surface area (Å²) in [6, 6.07) is 14.1. The first-order valence-electron chi connectivity index (χ1n) is 8.93. The molecule has 1 amide bonds. The van der Waals surface area contributed by atoms with Gasteiger partial charge in [-0.1, -0.05) is 11.6 Å². The Bertz CT molecular complexity index is 1380. The van der Waals surface area contributed by atoms with Crippen LogP contribution < -0.4 is 16.3 Å². The fourth-order valence-corrected chi connectivity index (χ4v) is 3.16. The Morgan fingerprint density at radius 1 is 0.935 bits per heavy atom. The summed E-state index contributed by atoms with van der Waals surface area (Å²) in [5.74, 6) is 3.75. The second kappa shape index (κ2) is 7.67. The van der Waals surface area contributed by atoms with Gasteiger partial charge in [0.15, 0.2) is 17.3 Å². The predicted molar refractivity (Wildman–Crippen MR) is 115 cm³/mol. The number of phenols is 2. The van der Waals surface area contributed by atoms with E-state index < -0.39 is 22.8 Å². The maximum atomic E-state index is 12.7. The van der Waals surface area contributed by atoms with Gasteiger partial charge in [0, 0.05) is 16.1 Å². The first-order chi connectivity index (χ1) is 14.8. The van der Waals surface area contributed by atoms with E-state index in [9.17, 15) is 24.9 Å². The minimum absolute atomic E-state index is 0.00102. The van der Waals surface area contributed by atoms with Crippen LogP contribution in [0.4, 0.5) is 5.69 Å². The molecule has 9 heteroatoms. The molecule has 8 nitrogen and oxygen atoms in total. The number of fused-ring (bicyclic) bond motifs is 1. The summed E-state index contributed by atoms with van der Waals surface area (Å²) < 4.78 is 5.65. The lowest BCUT2D eigenvalue weighted by Gasteiger charge is -2.17. The summed E-state index contributed by atoms with van der Waals surface area (Å²) in [4.78, 5) is 25.4. The van der Waals surface area contributed by atoms with Crippen LogP contribution in [0, 0.1) is 0 Å². The molecular weight excluding hydrogens is 424 g/mol. The monoisotopic (exact) mass is 438 g/mol. The van der Waals surface area contributed by atoms with E-state index in [-0.39, 0.29) is 33.7 Å². The molecule has 0 atom stereocenters. The van der Waals surface area contributed by atoms with Crippen LogP contribution in [0.15, 0.2) is 69.9 Å². The highest BCUT2D eigenvalue weighted by molar-refractivity contribution is 6.30. The van der Waals surface area contributed by atoms with Gasteiger partial charge < -0.3 is 19.7 Å². The molecule has 0 fully saturated rings. The van der Waals surface area contributed by atoms with Crippen molar-refractivity contribution in [2.75, 3.05) is 5.01 Å². The Labute approximate surface area is 179 Å². The minimum atomic E-state index is -0.752. The summed E-state index contributed by atoms with van der Waals surface area (Å²) in [5, 5.41) is 30.9. The minimum Gasteiger partial charge on any atom is -0.504 e. The Morgan fingerprint density at radius 3 is 2.32 bits per heavy atom. The first kappa shape index (κ1) is 20.3. The molecule has 31 heavy (non-hydrogen) atoms. The third kappa shape index (κ3) is 3.65. The van der Waals surface area contributed by atoms with E-state index in [1.54, 1.807) is 12.1 Å². The van der Waals surface area contributed by atoms with E-state index in [0.29, 0.717) is 10.6 Å². The third-order valence-electron chi connectivity index (χ3n) is 4.68. The van der Waals surface area contributed by atoms with Crippen LogP contribution in [-0.4, -0.2) is 21.2 Å². The molecule has 0 saturated carbocycles. The standard InChI is InChI=1S/C22H15ClN2O6/c23-13-4-1-11(2-5-13)22(30)25(24)14-6-8-18-15(10-14)19(28)20(29)21(31-18)12-3-7-16(26)17(27)9-12/h1-10,26-27,29H,24H2. The van der Waals surface area contributed by atoms with E-state index in [1.165, 1.54) is 42.5 Å². The number of hydrogen-bond donors (Lipinski definition) is 4. The van der Waals surface area contributed by atoms with Crippen molar-refractivity contribution >= 4 is 34.2 Å². The van der Waals surface area contributed by atoms with Crippen molar-refractivity contribution in [3.63, 3.8) is 0 Å². The number of benzene rings is 3. The topological polar surface area (TPSA) is 137 Å². The smallest absolute Gasteiger partial charge is 0.272 e. The van der Waals surface area contributed by atoms with Crippen LogP contribution in [0.2, 0.25) is 5.02 Å². The van der Waals surface area contributed by atoms with Crippen LogP contribution in [0.3, 0.4) is 0 Å². The van der Waals surface area contributed by atoms with Crippen molar-refractivity contribution in [3.8, 4) is 28.6 Å². The Kier molecular flexibility index (Phi) is 5.02. The number of nitrogens with zero attached hydrogens (tertiary/aromatic N) is 1. The highest BCUT2D eigenvalue weighted by atomic mass is 35.5. The molecule has 0 bridgehead atoms. The van der Waals surface area contributed by atoms with Crippen LogP contribution >= 0.6 is 11.6 Å². The average Bonchev–Trinajstić information content (AvgIpc) is 2.77. The maximum Gasteiger partial charge on any atom is 0.272 e. The molecule has 0 aliphatic rings. The number of amides is 1. The van der Waals surface area contributed by atoms with E-state index >= 15 is 0 Å². The highest BCUT2D eigenvalue weighted by Gasteiger charge is 2.19. The van der Waals surface area contributed by atoms with Gasteiger partial charge in [-0.3, -0.25) is 9.59 Å². The Hall–Kier alpha value is -4.01. The van der Waals surface area contributed by atoms with Gasteiger partial charge >= 0.3 is 0 Å². The second-order valence-electron chi connectivity index (χ2n) is 6.67. The van der Waals surface area contributed by atoms with Crippen molar-refractivity contribution in [2.45, 2.75) is 0 Å². The summed E-state index contributed by atoms with van der Waals surface area (Å²) in [5.41, 5.74) is 0.0623. The summed E-state index contributed by atoms with van der Waals surface area (Å²) in [7, 11) is 0. The molecule has 0 aliphatic heterocycles. The molecular formula is C22H15ClN2O6. The zero-order chi connectivity index (χ0) is 22.3. The molecule has 0 saturated heterocycles. The first-order valence-corrected chi connectivity index (χ1v) is 9.31. The molecule has 0 radical (unpaired) electrons. The molecule has 0 aliphatic carbocycles. The van der Waals surface area contributed by atoms with E-state index in [0.717, 1.165) is 11.1 Å². The van der Waals surface area contributed by atoms with Crippen molar-refractivity contribution in [2.24, 2.45) is 5.84 Å². The lowest BCUT2D eigenvalue weighted by atomic mass is 10.1.